The molecule has 1 N–H and O–H groups in total. The van der Waals surface area contributed by atoms with Crippen LogP contribution in [0.1, 0.15) is 17.4 Å². The molecule has 1 atom stereocenters. The smallest absolute Gasteiger partial charge is 0.138 e. The first-order chi connectivity index (χ1) is 9.67. The van der Waals surface area contributed by atoms with E-state index in [1.807, 2.05) is 12.1 Å². The third-order valence-corrected chi connectivity index (χ3v) is 3.20. The Hall–Kier alpha value is -2.33. The fraction of sp³-hybridized carbons (Fsp3) is 0.125. The Bertz CT molecular complexity index is 731. The first kappa shape index (κ1) is 12.7. The molecule has 1 aromatic heterocycles. The number of ether oxygens (including phenoxy) is 1. The minimum atomic E-state index is -0.922. The van der Waals surface area contributed by atoms with Crippen LogP contribution in [0.15, 0.2) is 52.9 Å². The van der Waals surface area contributed by atoms with Gasteiger partial charge in [-0.1, -0.05) is 12.1 Å². The molecule has 0 fully saturated rings. The van der Waals surface area contributed by atoms with Crippen LogP contribution in [0, 0.1) is 5.82 Å². The maximum Gasteiger partial charge on any atom is 0.138 e. The lowest BCUT2D eigenvalue weighted by atomic mass is 10.1. The van der Waals surface area contributed by atoms with Gasteiger partial charge in [0.25, 0.3) is 0 Å². The van der Waals surface area contributed by atoms with Gasteiger partial charge in [-0.2, -0.15) is 0 Å². The summed E-state index contributed by atoms with van der Waals surface area (Å²) in [5.41, 5.74) is 1.22. The fourth-order valence-corrected chi connectivity index (χ4v) is 2.10. The highest BCUT2D eigenvalue weighted by molar-refractivity contribution is 5.79. The molecule has 0 aliphatic carbocycles. The summed E-state index contributed by atoms with van der Waals surface area (Å²) >= 11 is 0. The summed E-state index contributed by atoms with van der Waals surface area (Å²) in [6.45, 7) is 0. The predicted molar refractivity (Wildman–Crippen MR) is 73.2 cm³/mol. The number of halogens is 1. The summed E-state index contributed by atoms with van der Waals surface area (Å²) in [4.78, 5) is 0. The van der Waals surface area contributed by atoms with Crippen molar-refractivity contribution in [2.24, 2.45) is 0 Å². The summed E-state index contributed by atoms with van der Waals surface area (Å²) < 4.78 is 23.6. The normalized spacial score (nSPS) is 12.6. The summed E-state index contributed by atoms with van der Waals surface area (Å²) in [6.07, 6.45) is -0.922. The van der Waals surface area contributed by atoms with E-state index in [4.69, 9.17) is 9.15 Å². The average molecular weight is 272 g/mol. The van der Waals surface area contributed by atoms with E-state index in [2.05, 4.69) is 0 Å². The standard InChI is InChI=1S/C16H13FO3/c1-19-13-7-4-11-8-15(20-14(11)9-13)16(18)10-2-5-12(17)6-3-10/h2-9,16,18H,1H3. The van der Waals surface area contributed by atoms with Gasteiger partial charge in [-0.05, 0) is 35.9 Å². The Morgan fingerprint density at radius 2 is 1.85 bits per heavy atom. The summed E-state index contributed by atoms with van der Waals surface area (Å²) in [5.74, 6) is 0.768. The lowest BCUT2D eigenvalue weighted by molar-refractivity contribution is 0.192. The molecule has 0 radical (unpaired) electrons. The molecule has 1 unspecified atom stereocenters. The van der Waals surface area contributed by atoms with Crippen molar-refractivity contribution in [1.82, 2.24) is 0 Å². The number of benzene rings is 2. The molecule has 0 aliphatic rings. The molecular formula is C16H13FO3. The molecule has 1 heterocycles. The van der Waals surface area contributed by atoms with Crippen LogP contribution < -0.4 is 4.74 Å². The van der Waals surface area contributed by atoms with Crippen molar-refractivity contribution in [2.75, 3.05) is 7.11 Å². The Kier molecular flexibility index (Phi) is 3.16. The molecule has 2 aromatic carbocycles. The largest absolute Gasteiger partial charge is 0.497 e. The number of aliphatic hydroxyl groups excluding tert-OH is 1. The van der Waals surface area contributed by atoms with Crippen LogP contribution in [-0.2, 0) is 0 Å². The minimum absolute atomic E-state index is 0.338. The van der Waals surface area contributed by atoms with Gasteiger partial charge in [0.1, 0.15) is 29.0 Å². The van der Waals surface area contributed by atoms with Crippen LogP contribution in [0.4, 0.5) is 4.39 Å². The van der Waals surface area contributed by atoms with Gasteiger partial charge in [-0.25, -0.2) is 4.39 Å². The van der Waals surface area contributed by atoms with Gasteiger partial charge in [0.05, 0.1) is 7.11 Å². The lowest BCUT2D eigenvalue weighted by Crippen LogP contribution is -1.97. The summed E-state index contributed by atoms with van der Waals surface area (Å²) in [6, 6.07) is 12.9. The van der Waals surface area contributed by atoms with Crippen molar-refractivity contribution in [2.45, 2.75) is 6.10 Å². The van der Waals surface area contributed by atoms with Crippen molar-refractivity contribution in [3.05, 3.63) is 65.7 Å². The summed E-state index contributed by atoms with van der Waals surface area (Å²) in [7, 11) is 1.58. The lowest BCUT2D eigenvalue weighted by Gasteiger charge is -2.07. The van der Waals surface area contributed by atoms with E-state index in [9.17, 15) is 9.50 Å². The van der Waals surface area contributed by atoms with Crippen molar-refractivity contribution < 1.29 is 18.7 Å². The van der Waals surface area contributed by atoms with Crippen LogP contribution in [0.3, 0.4) is 0 Å². The van der Waals surface area contributed by atoms with Crippen LogP contribution in [0.25, 0.3) is 11.0 Å². The van der Waals surface area contributed by atoms with Gasteiger partial charge in [-0.3, -0.25) is 0 Å². The molecule has 0 amide bonds. The van der Waals surface area contributed by atoms with Crippen molar-refractivity contribution in [3.63, 3.8) is 0 Å². The zero-order chi connectivity index (χ0) is 14.1. The third kappa shape index (κ3) is 2.26. The van der Waals surface area contributed by atoms with Gasteiger partial charge >= 0.3 is 0 Å². The first-order valence-electron chi connectivity index (χ1n) is 6.18. The second-order valence-corrected chi connectivity index (χ2v) is 4.51. The molecule has 0 saturated heterocycles. The number of methoxy groups -OCH3 is 1. The Morgan fingerprint density at radius 3 is 2.55 bits per heavy atom. The highest BCUT2D eigenvalue weighted by Gasteiger charge is 2.16. The van der Waals surface area contributed by atoms with Gasteiger partial charge in [0.15, 0.2) is 0 Å². The molecule has 102 valence electrons. The quantitative estimate of drug-likeness (QED) is 0.791. The van der Waals surface area contributed by atoms with Crippen molar-refractivity contribution in [1.29, 1.82) is 0 Å². The van der Waals surface area contributed by atoms with E-state index in [1.54, 1.807) is 19.2 Å². The van der Waals surface area contributed by atoms with E-state index in [-0.39, 0.29) is 5.82 Å². The topological polar surface area (TPSA) is 42.6 Å². The highest BCUT2D eigenvalue weighted by atomic mass is 19.1. The number of furan rings is 1. The maximum absolute atomic E-state index is 12.9. The van der Waals surface area contributed by atoms with E-state index in [0.717, 1.165) is 5.39 Å². The van der Waals surface area contributed by atoms with E-state index in [0.29, 0.717) is 22.7 Å². The van der Waals surface area contributed by atoms with E-state index < -0.39 is 6.10 Å². The van der Waals surface area contributed by atoms with E-state index in [1.165, 1.54) is 24.3 Å². The zero-order valence-electron chi connectivity index (χ0n) is 10.8. The van der Waals surface area contributed by atoms with Gasteiger partial charge in [0.2, 0.25) is 0 Å². The number of hydrogen-bond donors (Lipinski definition) is 1. The predicted octanol–water partition coefficient (Wildman–Crippen LogP) is 3.66. The van der Waals surface area contributed by atoms with E-state index >= 15 is 0 Å². The Morgan fingerprint density at radius 1 is 1.10 bits per heavy atom. The van der Waals surface area contributed by atoms with Crippen LogP contribution in [-0.4, -0.2) is 12.2 Å². The van der Waals surface area contributed by atoms with Crippen molar-refractivity contribution >= 4 is 11.0 Å². The highest BCUT2D eigenvalue weighted by Crippen LogP contribution is 2.30. The first-order valence-corrected chi connectivity index (χ1v) is 6.18. The minimum Gasteiger partial charge on any atom is -0.497 e. The molecule has 3 nitrogen and oxygen atoms in total. The number of fused-ring (bicyclic) bond motifs is 1. The molecule has 0 spiro atoms. The second kappa shape index (κ2) is 4.98. The molecule has 4 heteroatoms. The number of rotatable bonds is 3. The van der Waals surface area contributed by atoms with Gasteiger partial charge in [-0.15, -0.1) is 0 Å². The van der Waals surface area contributed by atoms with Crippen LogP contribution in [0.5, 0.6) is 5.75 Å². The molecule has 3 aromatic rings. The molecule has 3 rings (SSSR count). The molecule has 0 saturated carbocycles. The number of hydrogen-bond acceptors (Lipinski definition) is 3. The monoisotopic (exact) mass is 272 g/mol. The Labute approximate surface area is 115 Å². The molecule has 0 aliphatic heterocycles. The van der Waals surface area contributed by atoms with Crippen LogP contribution in [0.2, 0.25) is 0 Å². The van der Waals surface area contributed by atoms with Gasteiger partial charge in [0, 0.05) is 11.5 Å². The molecular weight excluding hydrogens is 259 g/mol. The maximum atomic E-state index is 12.9. The SMILES string of the molecule is COc1ccc2cc(C(O)c3ccc(F)cc3)oc2c1. The van der Waals surface area contributed by atoms with Crippen LogP contribution >= 0.6 is 0 Å². The summed E-state index contributed by atoms with van der Waals surface area (Å²) in [5, 5.41) is 11.1. The second-order valence-electron chi connectivity index (χ2n) is 4.51. The third-order valence-electron chi connectivity index (χ3n) is 3.20. The fourth-order valence-electron chi connectivity index (χ4n) is 2.10. The molecule has 20 heavy (non-hydrogen) atoms. The Balaban J connectivity index is 1.98. The number of aliphatic hydroxyl groups is 1. The van der Waals surface area contributed by atoms with Crippen molar-refractivity contribution in [3.8, 4) is 5.75 Å². The van der Waals surface area contributed by atoms with Gasteiger partial charge < -0.3 is 14.3 Å². The zero-order valence-corrected chi connectivity index (χ0v) is 10.8. The molecule has 0 bridgehead atoms. The average Bonchev–Trinajstić information content (AvgIpc) is 2.90.